The molecular weight excluding hydrogens is 226 g/mol. The van der Waals surface area contributed by atoms with Crippen molar-refractivity contribution in [3.63, 3.8) is 0 Å². The molecule has 1 nitrogen and oxygen atoms in total. The molecule has 0 spiro atoms. The maximum absolute atomic E-state index is 3.83. The fourth-order valence-electron chi connectivity index (χ4n) is 1.92. The van der Waals surface area contributed by atoms with Crippen LogP contribution in [0.4, 0.5) is 0 Å². The van der Waals surface area contributed by atoms with Crippen molar-refractivity contribution in [2.24, 2.45) is 0 Å². The Kier molecular flexibility index (Phi) is 4.20. The average Bonchev–Trinajstić information content (AvgIpc) is 2.10. The molecule has 1 heterocycles. The van der Waals surface area contributed by atoms with E-state index in [1.807, 2.05) is 12.2 Å². The van der Waals surface area contributed by atoms with E-state index in [0.29, 0.717) is 0 Å². The summed E-state index contributed by atoms with van der Waals surface area (Å²) in [4.78, 5) is 2.45. The van der Waals surface area contributed by atoms with Crippen LogP contribution in [0, 0.1) is 0 Å². The van der Waals surface area contributed by atoms with Gasteiger partial charge in [-0.1, -0.05) is 28.1 Å². The molecule has 0 N–H and O–H groups in total. The molecule has 0 bridgehead atoms. The van der Waals surface area contributed by atoms with E-state index >= 15 is 0 Å². The number of alkyl halides is 1. The van der Waals surface area contributed by atoms with Crippen LogP contribution in [-0.2, 0) is 0 Å². The van der Waals surface area contributed by atoms with Crippen LogP contribution in [0.5, 0.6) is 0 Å². The maximum Gasteiger partial charge on any atom is 0.0804 e. The zero-order valence-electron chi connectivity index (χ0n) is 8.14. The molecule has 1 fully saturated rings. The van der Waals surface area contributed by atoms with Crippen molar-refractivity contribution in [3.8, 4) is 0 Å². The molecular formula is C11H18BrN. The Balaban J connectivity index is 2.63. The number of hydrogen-bond acceptors (Lipinski definition) is 1. The van der Waals surface area contributed by atoms with Crippen molar-refractivity contribution in [2.45, 2.75) is 30.1 Å². The zero-order valence-corrected chi connectivity index (χ0v) is 9.72. The minimum Gasteiger partial charge on any atom is -0.284 e. The molecule has 0 aromatic heterocycles. The molecule has 0 aliphatic carbocycles. The lowest BCUT2D eigenvalue weighted by atomic mass is 9.99. The van der Waals surface area contributed by atoms with Crippen LogP contribution in [0.2, 0.25) is 0 Å². The van der Waals surface area contributed by atoms with Crippen LogP contribution in [0.25, 0.3) is 0 Å². The molecule has 1 saturated heterocycles. The molecule has 0 amide bonds. The Morgan fingerprint density at radius 1 is 1.31 bits per heavy atom. The summed E-state index contributed by atoms with van der Waals surface area (Å²) in [6, 6.07) is 0. The summed E-state index contributed by atoms with van der Waals surface area (Å²) in [6.07, 6.45) is 8.82. The summed E-state index contributed by atoms with van der Waals surface area (Å²) < 4.78 is 0.154. The smallest absolute Gasteiger partial charge is 0.0804 e. The Labute approximate surface area is 89.6 Å². The van der Waals surface area contributed by atoms with Crippen molar-refractivity contribution in [1.29, 1.82) is 0 Å². The van der Waals surface area contributed by atoms with Gasteiger partial charge in [-0.3, -0.25) is 4.90 Å². The van der Waals surface area contributed by atoms with E-state index in [1.165, 1.54) is 25.8 Å². The highest BCUT2D eigenvalue weighted by Gasteiger charge is 2.33. The highest BCUT2D eigenvalue weighted by molar-refractivity contribution is 9.10. The fourth-order valence-corrected chi connectivity index (χ4v) is 2.75. The summed E-state index contributed by atoms with van der Waals surface area (Å²) in [5.74, 6) is 0. The third kappa shape index (κ3) is 2.68. The van der Waals surface area contributed by atoms with Crippen molar-refractivity contribution in [1.82, 2.24) is 4.90 Å². The van der Waals surface area contributed by atoms with Gasteiger partial charge in [0.2, 0.25) is 0 Å². The number of halogens is 1. The van der Waals surface area contributed by atoms with E-state index in [4.69, 9.17) is 0 Å². The number of hydrogen-bond donors (Lipinski definition) is 0. The standard InChI is InChI=1S/C11H18BrN/c1-3-7-11(12)8-5-6-10-13(11)9-4-2/h3-4H,1-2,5-10H2. The highest BCUT2D eigenvalue weighted by Crippen LogP contribution is 2.36. The third-order valence-corrected chi connectivity index (χ3v) is 3.83. The predicted octanol–water partition coefficient (Wildman–Crippen LogP) is 3.33. The SMILES string of the molecule is C=CCN1CCCCC1(Br)CC=C. The lowest BCUT2D eigenvalue weighted by molar-refractivity contribution is 0.144. The summed E-state index contributed by atoms with van der Waals surface area (Å²) in [5, 5.41) is 0. The Morgan fingerprint density at radius 2 is 2.08 bits per heavy atom. The largest absolute Gasteiger partial charge is 0.284 e. The van der Waals surface area contributed by atoms with Gasteiger partial charge < -0.3 is 0 Å². The Bertz CT molecular complexity index is 191. The van der Waals surface area contributed by atoms with Gasteiger partial charge in [-0.05, 0) is 32.2 Å². The van der Waals surface area contributed by atoms with Gasteiger partial charge in [0, 0.05) is 6.54 Å². The van der Waals surface area contributed by atoms with E-state index < -0.39 is 0 Å². The van der Waals surface area contributed by atoms with Crippen LogP contribution in [-0.4, -0.2) is 22.4 Å². The van der Waals surface area contributed by atoms with Crippen LogP contribution in [0.15, 0.2) is 25.3 Å². The molecule has 2 heteroatoms. The first-order chi connectivity index (χ1) is 6.23. The number of piperidine rings is 1. The lowest BCUT2D eigenvalue weighted by Gasteiger charge is -2.42. The molecule has 1 aliphatic heterocycles. The third-order valence-electron chi connectivity index (χ3n) is 2.61. The first-order valence-electron chi connectivity index (χ1n) is 4.89. The first-order valence-corrected chi connectivity index (χ1v) is 5.68. The first kappa shape index (κ1) is 11.0. The molecule has 0 radical (unpaired) electrons. The van der Waals surface area contributed by atoms with Crippen LogP contribution in [0.3, 0.4) is 0 Å². The van der Waals surface area contributed by atoms with Gasteiger partial charge in [-0.15, -0.1) is 13.2 Å². The maximum atomic E-state index is 3.83. The number of nitrogens with zero attached hydrogens (tertiary/aromatic N) is 1. The van der Waals surface area contributed by atoms with Crippen LogP contribution >= 0.6 is 15.9 Å². The second-order valence-corrected chi connectivity index (χ2v) is 5.08. The molecule has 0 aromatic carbocycles. The number of likely N-dealkylation sites (tertiary alicyclic amines) is 1. The van der Waals surface area contributed by atoms with Crippen LogP contribution in [0.1, 0.15) is 25.7 Å². The monoisotopic (exact) mass is 243 g/mol. The minimum atomic E-state index is 0.154. The van der Waals surface area contributed by atoms with Crippen molar-refractivity contribution >= 4 is 15.9 Å². The lowest BCUT2D eigenvalue weighted by Crippen LogP contribution is -2.46. The summed E-state index contributed by atoms with van der Waals surface area (Å²) >= 11 is 3.83. The molecule has 0 saturated carbocycles. The molecule has 1 aliphatic rings. The van der Waals surface area contributed by atoms with Gasteiger partial charge >= 0.3 is 0 Å². The van der Waals surface area contributed by atoms with E-state index in [9.17, 15) is 0 Å². The topological polar surface area (TPSA) is 3.24 Å². The van der Waals surface area contributed by atoms with Gasteiger partial charge in [-0.25, -0.2) is 0 Å². The van der Waals surface area contributed by atoms with Gasteiger partial charge in [-0.2, -0.15) is 0 Å². The Morgan fingerprint density at radius 3 is 2.69 bits per heavy atom. The summed E-state index contributed by atoms with van der Waals surface area (Å²) in [7, 11) is 0. The van der Waals surface area contributed by atoms with Crippen LogP contribution < -0.4 is 0 Å². The summed E-state index contributed by atoms with van der Waals surface area (Å²) in [6.45, 7) is 9.75. The fraction of sp³-hybridized carbons (Fsp3) is 0.636. The molecule has 1 atom stereocenters. The second-order valence-electron chi connectivity index (χ2n) is 3.60. The average molecular weight is 244 g/mol. The molecule has 0 aromatic rings. The van der Waals surface area contributed by atoms with Gasteiger partial charge in [0.25, 0.3) is 0 Å². The van der Waals surface area contributed by atoms with Crippen molar-refractivity contribution in [3.05, 3.63) is 25.3 Å². The van der Waals surface area contributed by atoms with E-state index in [1.54, 1.807) is 0 Å². The van der Waals surface area contributed by atoms with Gasteiger partial charge in [0.05, 0.1) is 4.45 Å². The van der Waals surface area contributed by atoms with Crippen molar-refractivity contribution in [2.75, 3.05) is 13.1 Å². The molecule has 1 rings (SSSR count). The molecule has 74 valence electrons. The van der Waals surface area contributed by atoms with Crippen molar-refractivity contribution < 1.29 is 0 Å². The van der Waals surface area contributed by atoms with E-state index in [2.05, 4.69) is 34.0 Å². The predicted molar refractivity (Wildman–Crippen MR) is 62.1 cm³/mol. The van der Waals surface area contributed by atoms with Gasteiger partial charge in [0.1, 0.15) is 0 Å². The highest BCUT2D eigenvalue weighted by atomic mass is 79.9. The second kappa shape index (κ2) is 4.97. The Hall–Kier alpha value is -0.0800. The van der Waals surface area contributed by atoms with E-state index in [0.717, 1.165) is 13.0 Å². The zero-order chi connectivity index (χ0) is 9.73. The van der Waals surface area contributed by atoms with E-state index in [-0.39, 0.29) is 4.45 Å². The minimum absolute atomic E-state index is 0.154. The quantitative estimate of drug-likeness (QED) is 0.416. The number of rotatable bonds is 4. The molecule has 1 unspecified atom stereocenters. The normalized spacial score (nSPS) is 29.9. The molecule has 13 heavy (non-hydrogen) atoms. The summed E-state index contributed by atoms with van der Waals surface area (Å²) in [5.41, 5.74) is 0. The van der Waals surface area contributed by atoms with Gasteiger partial charge in [0.15, 0.2) is 0 Å².